The Bertz CT molecular complexity index is 2680. The molecule has 0 amide bonds. The smallest absolute Gasteiger partial charge is 0.135 e. The van der Waals surface area contributed by atoms with Gasteiger partial charge < -0.3 is 19.1 Å². The Balaban J connectivity index is 0.00000499. The van der Waals surface area contributed by atoms with Crippen LogP contribution in [-0.4, -0.2) is 9.55 Å². The van der Waals surface area contributed by atoms with Gasteiger partial charge in [0.15, 0.2) is 0 Å². The summed E-state index contributed by atoms with van der Waals surface area (Å²) >= 11 is 0. The number of benzene rings is 5. The van der Waals surface area contributed by atoms with Crippen molar-refractivity contribution in [1.29, 1.82) is 0 Å². The van der Waals surface area contributed by atoms with Crippen molar-refractivity contribution in [2.45, 2.75) is 117 Å². The molecular weight excluding hydrogens is 916 g/mol. The van der Waals surface area contributed by atoms with Gasteiger partial charge >= 0.3 is 0 Å². The van der Waals surface area contributed by atoms with Crippen LogP contribution < -0.4 is 14.5 Å². The minimum atomic E-state index is -0.138. The second-order valence-corrected chi connectivity index (χ2v) is 19.8. The van der Waals surface area contributed by atoms with Gasteiger partial charge in [-0.05, 0) is 99.5 Å². The topological polar surface area (TPSA) is 33.5 Å². The molecule has 1 aliphatic heterocycles. The summed E-state index contributed by atoms with van der Waals surface area (Å²) in [6.45, 7) is 22.7. The Morgan fingerprint density at radius 2 is 1.28 bits per heavy atom. The monoisotopic (exact) mass is 972 g/mol. The summed E-state index contributed by atoms with van der Waals surface area (Å²) < 4.78 is 9.04. The van der Waals surface area contributed by atoms with Gasteiger partial charge in [0, 0.05) is 61.3 Å². The minimum absolute atomic E-state index is 0. The van der Waals surface area contributed by atoms with Crippen molar-refractivity contribution in [2.24, 2.45) is 0 Å². The Labute approximate surface area is 372 Å². The summed E-state index contributed by atoms with van der Waals surface area (Å²) in [6.07, 6.45) is 8.43. The van der Waals surface area contributed by atoms with Crippen LogP contribution in [0.5, 0.6) is 11.5 Å². The van der Waals surface area contributed by atoms with Crippen molar-refractivity contribution in [3.8, 4) is 17.3 Å². The molecule has 0 unspecified atom stereocenters. The number of para-hydroxylation sites is 3. The molecule has 7 aromatic rings. The Kier molecular flexibility index (Phi) is 11.1. The third-order valence-electron chi connectivity index (χ3n) is 12.4. The van der Waals surface area contributed by atoms with E-state index in [1.807, 2.05) is 12.3 Å². The number of pyridine rings is 1. The Morgan fingerprint density at radius 1 is 0.617 bits per heavy atom. The van der Waals surface area contributed by atoms with Crippen LogP contribution in [0.2, 0.25) is 0 Å². The first kappa shape index (κ1) is 41.9. The predicted molar refractivity (Wildman–Crippen MR) is 246 cm³/mol. The number of hydrogen-bond acceptors (Lipinski definition) is 4. The summed E-state index contributed by atoms with van der Waals surface area (Å²) in [5.74, 6) is 2.75. The van der Waals surface area contributed by atoms with Crippen LogP contribution in [0, 0.1) is 18.8 Å². The summed E-state index contributed by atoms with van der Waals surface area (Å²) in [6, 6.07) is 44.8. The number of ether oxygens (including phenoxy) is 1. The van der Waals surface area contributed by atoms with Gasteiger partial charge in [0.2, 0.25) is 0 Å². The molecule has 312 valence electrons. The number of nitrogens with zero attached hydrogens (tertiary/aromatic N) is 4. The second kappa shape index (κ2) is 15.9. The molecule has 0 saturated heterocycles. The van der Waals surface area contributed by atoms with Gasteiger partial charge in [-0.3, -0.25) is 0 Å². The molecule has 6 heteroatoms. The fourth-order valence-corrected chi connectivity index (χ4v) is 8.83. The average molecular weight is 973 g/mol. The van der Waals surface area contributed by atoms with E-state index < -0.39 is 0 Å². The van der Waals surface area contributed by atoms with Crippen LogP contribution in [0.1, 0.15) is 123 Å². The molecule has 2 aromatic heterocycles. The van der Waals surface area contributed by atoms with Gasteiger partial charge in [-0.25, -0.2) is 4.98 Å². The van der Waals surface area contributed by atoms with Crippen LogP contribution in [0.3, 0.4) is 0 Å². The predicted octanol–water partition coefficient (Wildman–Crippen LogP) is 14.9. The molecule has 0 N–H and O–H groups in total. The van der Waals surface area contributed by atoms with Crippen molar-refractivity contribution in [1.82, 2.24) is 9.55 Å². The summed E-state index contributed by atoms with van der Waals surface area (Å²) in [5, 5.41) is 2.26. The van der Waals surface area contributed by atoms with E-state index in [9.17, 15) is 0 Å². The molecule has 1 saturated carbocycles. The maximum atomic E-state index is 6.82. The average Bonchev–Trinajstić information content (AvgIpc) is 3.76. The molecule has 9 rings (SSSR count). The van der Waals surface area contributed by atoms with E-state index in [0.717, 1.165) is 44.7 Å². The van der Waals surface area contributed by atoms with Gasteiger partial charge in [0.25, 0.3) is 0 Å². The summed E-state index contributed by atoms with van der Waals surface area (Å²) in [5.41, 5.74) is 11.5. The quantitative estimate of drug-likeness (QED) is 0.156. The number of hydrogen-bond donors (Lipinski definition) is 0. The molecule has 3 heterocycles. The van der Waals surface area contributed by atoms with Gasteiger partial charge in [0.1, 0.15) is 5.82 Å². The van der Waals surface area contributed by atoms with E-state index in [0.29, 0.717) is 17.4 Å². The van der Waals surface area contributed by atoms with E-state index in [2.05, 4.69) is 193 Å². The number of aromatic nitrogens is 2. The van der Waals surface area contributed by atoms with E-state index >= 15 is 0 Å². The third-order valence-corrected chi connectivity index (χ3v) is 12.4. The zero-order chi connectivity index (χ0) is 41.3. The fraction of sp³-hybridized carbons (Fsp3) is 0.333. The third kappa shape index (κ3) is 8.03. The van der Waals surface area contributed by atoms with Crippen LogP contribution >= 0.6 is 0 Å². The molecule has 5 nitrogen and oxygen atoms in total. The maximum Gasteiger partial charge on any atom is 0.135 e. The first-order valence-electron chi connectivity index (χ1n) is 21.5. The van der Waals surface area contributed by atoms with Crippen LogP contribution in [0.25, 0.3) is 27.6 Å². The van der Waals surface area contributed by atoms with Crippen molar-refractivity contribution in [3.05, 3.63) is 150 Å². The van der Waals surface area contributed by atoms with Crippen molar-refractivity contribution < 1.29 is 25.8 Å². The fourth-order valence-electron chi connectivity index (χ4n) is 8.83. The van der Waals surface area contributed by atoms with Gasteiger partial charge in [0.05, 0.1) is 0 Å². The molecule has 5 aromatic carbocycles. The molecule has 1 aliphatic carbocycles. The Morgan fingerprint density at radius 3 is 2.00 bits per heavy atom. The van der Waals surface area contributed by atoms with Crippen molar-refractivity contribution in [3.63, 3.8) is 0 Å². The van der Waals surface area contributed by atoms with Gasteiger partial charge in [-0.15, -0.1) is 53.6 Å². The largest absolute Gasteiger partial charge is 0.509 e. The van der Waals surface area contributed by atoms with Gasteiger partial charge in [-0.2, -0.15) is 6.07 Å². The molecule has 0 radical (unpaired) electrons. The molecule has 0 atom stereocenters. The maximum absolute atomic E-state index is 6.82. The standard InChI is InChI=1S/C54H57N4O.Pt/c1-52(2,3)38-25-26-55-51(32-38)58-47-20-14-13-19-45(47)46-24-23-43(34-50(46)58)59-44-31-40(54(7,8)9)30-42(33-44)57-35-56(48-21-15-16-22-49(48)57)41-28-37(36-17-11-10-12-18-36)27-39(29-41)53(4,5)6;/h13-16,19-32,35-36H,10-12,17-18H2,1-9H3;/q-3;. The second-order valence-electron chi connectivity index (χ2n) is 19.8. The first-order valence-corrected chi connectivity index (χ1v) is 21.5. The van der Waals surface area contributed by atoms with E-state index in [-0.39, 0.29) is 37.3 Å². The molecule has 0 spiro atoms. The molecule has 2 aliphatic rings. The minimum Gasteiger partial charge on any atom is -0.509 e. The van der Waals surface area contributed by atoms with Gasteiger partial charge in [-0.1, -0.05) is 123 Å². The van der Waals surface area contributed by atoms with Crippen LogP contribution in [0.15, 0.2) is 109 Å². The van der Waals surface area contributed by atoms with Crippen molar-refractivity contribution >= 4 is 44.6 Å². The zero-order valence-corrected chi connectivity index (χ0v) is 38.9. The van der Waals surface area contributed by atoms with Crippen molar-refractivity contribution in [2.75, 3.05) is 9.80 Å². The SMILES string of the molecule is CC(C)(C)c1cc(Oc2[c-]c3c(cc2)c2ccccc2n3-c2cc(C(C)(C)C)ccn2)[c-]c(N2[CH-]N(c3cc(C4CCCCC4)cc(C(C)(C)C)c3)c3ccccc32)c1.[Pt]. The molecule has 60 heavy (non-hydrogen) atoms. The van der Waals surface area contributed by atoms with E-state index in [4.69, 9.17) is 9.72 Å². The normalized spacial score (nSPS) is 15.1. The zero-order valence-electron chi connectivity index (χ0n) is 36.6. The molecule has 0 bridgehead atoms. The number of rotatable bonds is 6. The summed E-state index contributed by atoms with van der Waals surface area (Å²) in [7, 11) is 0. The first-order chi connectivity index (χ1) is 28.1. The number of fused-ring (bicyclic) bond motifs is 4. The Hall–Kier alpha value is -4.86. The molecule has 1 fully saturated rings. The number of anilines is 4. The van der Waals surface area contributed by atoms with E-state index in [1.54, 1.807) is 0 Å². The van der Waals surface area contributed by atoms with Crippen LogP contribution in [-0.2, 0) is 37.3 Å². The molecular formula is C54H57N4OPt-3. The summed E-state index contributed by atoms with van der Waals surface area (Å²) in [4.78, 5) is 9.53. The van der Waals surface area contributed by atoms with E-state index in [1.165, 1.54) is 60.0 Å². The van der Waals surface area contributed by atoms with Crippen LogP contribution in [0.4, 0.5) is 22.7 Å².